The molecule has 0 saturated heterocycles. The van der Waals surface area contributed by atoms with Gasteiger partial charge in [0.15, 0.2) is 0 Å². The lowest BCUT2D eigenvalue weighted by atomic mass is 9.48. The van der Waals surface area contributed by atoms with Crippen molar-refractivity contribution in [2.24, 2.45) is 11.3 Å². The van der Waals surface area contributed by atoms with E-state index in [0.717, 1.165) is 32.1 Å². The zero-order chi connectivity index (χ0) is 27.7. The molecular formula is C31H31Cl2N3O2S. The lowest BCUT2D eigenvalue weighted by Gasteiger charge is -2.54. The summed E-state index contributed by atoms with van der Waals surface area (Å²) in [6.07, 6.45) is 6.40. The molecule has 0 N–H and O–H groups in total. The lowest BCUT2D eigenvalue weighted by Crippen LogP contribution is -2.52. The molecule has 4 aromatic rings. The number of hydrogen-bond donors (Lipinski definition) is 0. The maximum atomic E-state index is 14.4. The first-order chi connectivity index (χ1) is 18.5. The number of aromatic nitrogens is 3. The molecule has 1 fully saturated rings. The van der Waals surface area contributed by atoms with Gasteiger partial charge in [0.25, 0.3) is 5.56 Å². The fraction of sp³-hybridized carbons (Fsp3) is 0.419. The largest absolute Gasteiger partial charge is 0.290 e. The van der Waals surface area contributed by atoms with Crippen molar-refractivity contribution in [3.8, 4) is 0 Å². The van der Waals surface area contributed by atoms with Gasteiger partial charge in [-0.25, -0.2) is 4.40 Å². The van der Waals surface area contributed by atoms with Crippen LogP contribution in [0.2, 0.25) is 10.0 Å². The molecule has 3 atom stereocenters. The van der Waals surface area contributed by atoms with Crippen LogP contribution in [0, 0.1) is 11.3 Å². The Kier molecular flexibility index (Phi) is 6.52. The molecule has 2 aliphatic rings. The number of fused-ring (bicyclic) bond motifs is 4. The van der Waals surface area contributed by atoms with Gasteiger partial charge >= 0.3 is 0 Å². The maximum Gasteiger partial charge on any atom is 0.276 e. The summed E-state index contributed by atoms with van der Waals surface area (Å²) in [6.45, 7) is 8.88. The van der Waals surface area contributed by atoms with Crippen LogP contribution in [0.1, 0.15) is 92.2 Å². The summed E-state index contributed by atoms with van der Waals surface area (Å²) in [5.41, 5.74) is 3.81. The number of Topliss-reactive ketones (excluding diaryl/α,β-unsaturated/α-hetero) is 1. The highest BCUT2D eigenvalue weighted by molar-refractivity contribution is 7.15. The summed E-state index contributed by atoms with van der Waals surface area (Å²) in [4.78, 5) is 28.3. The normalized spacial score (nSPS) is 25.2. The number of thiazole rings is 1. The second-order valence-corrected chi connectivity index (χ2v) is 13.8. The van der Waals surface area contributed by atoms with Gasteiger partial charge in [-0.05, 0) is 83.4 Å². The summed E-state index contributed by atoms with van der Waals surface area (Å²) in [5.74, 6) is 0.697. The van der Waals surface area contributed by atoms with E-state index in [1.54, 1.807) is 24.3 Å². The SMILES string of the molecule is CC(C)c1ccc2c(c1)CC[C@H]1[C@](C)(C(=O)c3nnc4s/c(=C/c5ccc(Cl)cc5Cl)c(=O)n34)CCC[C@]21C. The van der Waals surface area contributed by atoms with E-state index in [1.807, 2.05) is 0 Å². The van der Waals surface area contributed by atoms with Crippen LogP contribution in [-0.2, 0) is 11.8 Å². The Labute approximate surface area is 241 Å². The van der Waals surface area contributed by atoms with E-state index in [1.165, 1.54) is 32.4 Å². The number of ketones is 1. The van der Waals surface area contributed by atoms with E-state index in [4.69, 9.17) is 23.2 Å². The first kappa shape index (κ1) is 26.7. The molecule has 2 aromatic carbocycles. The molecular weight excluding hydrogens is 549 g/mol. The highest BCUT2D eigenvalue weighted by Gasteiger charge is 2.55. The number of carbonyl (C=O) groups is 1. The number of aryl methyl sites for hydroxylation is 1. The standard InChI is InChI=1S/C31H31Cl2N3O2S/c1-17(2)18-7-10-22-19(14-18)8-11-25-30(22,3)12-5-13-31(25,4)26(37)27-34-35-29-36(27)28(38)24(39-29)15-20-6-9-21(32)16-23(20)33/h6-7,9-10,14-17,25H,5,8,11-13H2,1-4H3/b24-15+/t25-,30-,31-/m1/s1. The van der Waals surface area contributed by atoms with Crippen LogP contribution in [-0.4, -0.2) is 20.4 Å². The zero-order valence-corrected chi connectivity index (χ0v) is 24.9. The minimum Gasteiger partial charge on any atom is -0.290 e. The van der Waals surface area contributed by atoms with E-state index in [9.17, 15) is 9.59 Å². The lowest BCUT2D eigenvalue weighted by molar-refractivity contribution is 0.0235. The number of halogens is 2. The predicted molar refractivity (Wildman–Crippen MR) is 158 cm³/mol. The maximum absolute atomic E-state index is 14.4. The second kappa shape index (κ2) is 9.53. The third-order valence-corrected chi connectivity index (χ3v) is 10.8. The van der Waals surface area contributed by atoms with Crippen molar-refractivity contribution in [2.45, 2.75) is 71.1 Å². The van der Waals surface area contributed by atoms with Gasteiger partial charge < -0.3 is 0 Å². The number of nitrogens with zero attached hydrogens (tertiary/aromatic N) is 3. The molecule has 6 rings (SSSR count). The molecule has 0 spiro atoms. The number of carbonyl (C=O) groups excluding carboxylic acids is 1. The van der Waals surface area contributed by atoms with Crippen LogP contribution >= 0.6 is 34.5 Å². The van der Waals surface area contributed by atoms with Gasteiger partial charge in [-0.15, -0.1) is 10.2 Å². The Hall–Kier alpha value is -2.54. The Morgan fingerprint density at radius 3 is 2.67 bits per heavy atom. The summed E-state index contributed by atoms with van der Waals surface area (Å²) in [5, 5.41) is 9.49. The zero-order valence-electron chi connectivity index (χ0n) is 22.6. The van der Waals surface area contributed by atoms with Crippen molar-refractivity contribution in [2.75, 3.05) is 0 Å². The van der Waals surface area contributed by atoms with Crippen molar-refractivity contribution in [3.05, 3.63) is 89.4 Å². The van der Waals surface area contributed by atoms with Crippen LogP contribution in [0.25, 0.3) is 11.0 Å². The average Bonchev–Trinajstić information content (AvgIpc) is 3.44. The topological polar surface area (TPSA) is 64.3 Å². The quantitative estimate of drug-likeness (QED) is 0.244. The van der Waals surface area contributed by atoms with E-state index < -0.39 is 5.41 Å². The van der Waals surface area contributed by atoms with Gasteiger partial charge in [-0.1, -0.05) is 92.9 Å². The number of hydrogen-bond acceptors (Lipinski definition) is 5. The van der Waals surface area contributed by atoms with E-state index in [2.05, 4.69) is 56.1 Å². The first-order valence-corrected chi connectivity index (χ1v) is 15.1. The monoisotopic (exact) mass is 579 g/mol. The number of benzene rings is 2. The van der Waals surface area contributed by atoms with Crippen molar-refractivity contribution >= 4 is 51.4 Å². The third-order valence-electron chi connectivity index (χ3n) is 9.26. The second-order valence-electron chi connectivity index (χ2n) is 11.9. The molecule has 2 aromatic heterocycles. The van der Waals surface area contributed by atoms with Crippen LogP contribution in [0.3, 0.4) is 0 Å². The highest BCUT2D eigenvalue weighted by Crippen LogP contribution is 2.58. The van der Waals surface area contributed by atoms with Gasteiger partial charge in [-0.3, -0.25) is 9.59 Å². The molecule has 0 amide bonds. The van der Waals surface area contributed by atoms with Crippen LogP contribution in [0.5, 0.6) is 0 Å². The smallest absolute Gasteiger partial charge is 0.276 e. The molecule has 0 unspecified atom stereocenters. The molecule has 0 bridgehead atoms. The first-order valence-electron chi connectivity index (χ1n) is 13.6. The van der Waals surface area contributed by atoms with Crippen molar-refractivity contribution in [3.63, 3.8) is 0 Å². The fourth-order valence-corrected chi connectivity index (χ4v) is 8.53. The minimum absolute atomic E-state index is 0.0841. The predicted octanol–water partition coefficient (Wildman–Crippen LogP) is 7.02. The summed E-state index contributed by atoms with van der Waals surface area (Å²) in [6, 6.07) is 12.1. The van der Waals surface area contributed by atoms with Gasteiger partial charge in [0.2, 0.25) is 16.6 Å². The third kappa shape index (κ3) is 4.18. The Morgan fingerprint density at radius 1 is 1.13 bits per heavy atom. The van der Waals surface area contributed by atoms with E-state index >= 15 is 0 Å². The Bertz CT molecular complexity index is 1740. The van der Waals surface area contributed by atoms with Gasteiger partial charge in [0.05, 0.1) is 4.53 Å². The summed E-state index contributed by atoms with van der Waals surface area (Å²) >= 11 is 13.6. The van der Waals surface area contributed by atoms with Gasteiger partial charge in [-0.2, -0.15) is 0 Å². The molecule has 0 aliphatic heterocycles. The minimum atomic E-state index is -0.637. The average molecular weight is 581 g/mol. The Balaban J connectivity index is 1.41. The van der Waals surface area contributed by atoms with Crippen molar-refractivity contribution in [1.29, 1.82) is 0 Å². The summed E-state index contributed by atoms with van der Waals surface area (Å²) in [7, 11) is 0. The van der Waals surface area contributed by atoms with Gasteiger partial charge in [0.1, 0.15) is 0 Å². The molecule has 202 valence electrons. The molecule has 8 heteroatoms. The van der Waals surface area contributed by atoms with E-state index in [0.29, 0.717) is 31.0 Å². The van der Waals surface area contributed by atoms with Crippen molar-refractivity contribution < 1.29 is 4.79 Å². The molecule has 0 radical (unpaired) electrons. The number of rotatable bonds is 4. The molecule has 39 heavy (non-hydrogen) atoms. The van der Waals surface area contributed by atoms with E-state index in [-0.39, 0.29) is 28.5 Å². The highest BCUT2D eigenvalue weighted by atomic mass is 35.5. The van der Waals surface area contributed by atoms with Crippen LogP contribution in [0.4, 0.5) is 0 Å². The molecule has 5 nitrogen and oxygen atoms in total. The summed E-state index contributed by atoms with van der Waals surface area (Å²) < 4.78 is 1.84. The molecule has 2 aliphatic carbocycles. The molecule has 1 saturated carbocycles. The Morgan fingerprint density at radius 2 is 1.92 bits per heavy atom. The van der Waals surface area contributed by atoms with Crippen LogP contribution < -0.4 is 10.1 Å². The fourth-order valence-electron chi connectivity index (χ4n) is 7.17. The van der Waals surface area contributed by atoms with Crippen LogP contribution in [0.15, 0.2) is 41.2 Å². The van der Waals surface area contributed by atoms with Crippen molar-refractivity contribution in [1.82, 2.24) is 14.6 Å². The van der Waals surface area contributed by atoms with Gasteiger partial charge in [0, 0.05) is 15.5 Å². The molecule has 2 heterocycles.